The molecule has 0 radical (unpaired) electrons. The van der Waals surface area contributed by atoms with E-state index in [1.807, 2.05) is 58.1 Å². The summed E-state index contributed by atoms with van der Waals surface area (Å²) in [4.78, 5) is 19.2. The largest absolute Gasteiger partial charge is 0.487 e. The number of rotatable bonds is 5. The SMILES string of the molecule is Cl.Cl.NCC1CCCN1C(=O)c1cccc(OCc2cn3ccccc3n2)c1. The Kier molecular flexibility index (Phi) is 7.69. The lowest BCUT2D eigenvalue weighted by molar-refractivity contribution is 0.0740. The second-order valence-corrected chi connectivity index (χ2v) is 6.55. The number of nitrogens with zero attached hydrogens (tertiary/aromatic N) is 3. The number of imidazole rings is 1. The van der Waals surface area contributed by atoms with E-state index in [-0.39, 0.29) is 36.8 Å². The molecule has 3 aromatic rings. The standard InChI is InChI=1S/C20H22N4O2.2ClH/c21-12-17-6-4-10-24(17)20(25)15-5-3-7-18(11-15)26-14-16-13-23-9-2-1-8-19(23)22-16;;/h1-3,5,7-9,11,13,17H,4,6,10,12,14,21H2;2*1H. The Bertz CT molecular complexity index is 898. The number of ether oxygens (including phenoxy) is 1. The highest BCUT2D eigenvalue weighted by Gasteiger charge is 2.28. The molecule has 8 heteroatoms. The summed E-state index contributed by atoms with van der Waals surface area (Å²) in [6.07, 6.45) is 5.89. The first-order chi connectivity index (χ1) is 12.7. The molecule has 0 saturated carbocycles. The van der Waals surface area contributed by atoms with Gasteiger partial charge in [-0.05, 0) is 43.2 Å². The zero-order valence-corrected chi connectivity index (χ0v) is 17.0. The summed E-state index contributed by atoms with van der Waals surface area (Å²) >= 11 is 0. The minimum atomic E-state index is 0. The average molecular weight is 423 g/mol. The molecule has 0 bridgehead atoms. The van der Waals surface area contributed by atoms with Gasteiger partial charge in [0.15, 0.2) is 0 Å². The number of hydrogen-bond donors (Lipinski definition) is 1. The van der Waals surface area contributed by atoms with Gasteiger partial charge in [0.2, 0.25) is 0 Å². The van der Waals surface area contributed by atoms with Gasteiger partial charge in [-0.3, -0.25) is 4.79 Å². The number of likely N-dealkylation sites (tertiary alicyclic amines) is 1. The molecule has 1 unspecified atom stereocenters. The number of carbonyl (C=O) groups is 1. The van der Waals surface area contributed by atoms with E-state index in [1.54, 1.807) is 6.07 Å². The molecule has 1 saturated heterocycles. The van der Waals surface area contributed by atoms with Crippen molar-refractivity contribution in [1.29, 1.82) is 0 Å². The van der Waals surface area contributed by atoms with E-state index in [9.17, 15) is 4.79 Å². The lowest BCUT2D eigenvalue weighted by atomic mass is 10.1. The van der Waals surface area contributed by atoms with Crippen molar-refractivity contribution < 1.29 is 9.53 Å². The Morgan fingerprint density at radius 3 is 2.86 bits per heavy atom. The molecule has 1 aliphatic heterocycles. The van der Waals surface area contributed by atoms with Crippen LogP contribution < -0.4 is 10.5 Å². The quantitative estimate of drug-likeness (QED) is 0.684. The van der Waals surface area contributed by atoms with Crippen LogP contribution in [0.5, 0.6) is 5.75 Å². The zero-order chi connectivity index (χ0) is 17.9. The molecular formula is C20H24Cl2N4O2. The highest BCUT2D eigenvalue weighted by molar-refractivity contribution is 5.95. The normalized spacial score (nSPS) is 15.8. The summed E-state index contributed by atoms with van der Waals surface area (Å²) < 4.78 is 7.81. The molecule has 4 rings (SSSR count). The van der Waals surface area contributed by atoms with Crippen LogP contribution in [0.3, 0.4) is 0 Å². The molecule has 1 atom stereocenters. The van der Waals surface area contributed by atoms with E-state index in [4.69, 9.17) is 10.5 Å². The summed E-state index contributed by atoms with van der Waals surface area (Å²) in [7, 11) is 0. The van der Waals surface area contributed by atoms with Crippen LogP contribution in [0.15, 0.2) is 54.9 Å². The van der Waals surface area contributed by atoms with Crippen LogP contribution >= 0.6 is 24.8 Å². The fourth-order valence-electron chi connectivity index (χ4n) is 3.45. The molecule has 2 N–H and O–H groups in total. The van der Waals surface area contributed by atoms with Gasteiger partial charge in [-0.1, -0.05) is 12.1 Å². The Hall–Kier alpha value is -2.28. The maximum absolute atomic E-state index is 12.8. The molecule has 28 heavy (non-hydrogen) atoms. The molecule has 1 aliphatic rings. The Labute approximate surface area is 176 Å². The topological polar surface area (TPSA) is 72.9 Å². The van der Waals surface area contributed by atoms with Crippen molar-refractivity contribution in [3.05, 3.63) is 66.1 Å². The van der Waals surface area contributed by atoms with Gasteiger partial charge in [0, 0.05) is 37.1 Å². The van der Waals surface area contributed by atoms with Gasteiger partial charge in [0.05, 0.1) is 5.69 Å². The molecule has 0 aliphatic carbocycles. The first-order valence-corrected chi connectivity index (χ1v) is 8.91. The summed E-state index contributed by atoms with van der Waals surface area (Å²) in [5, 5.41) is 0. The van der Waals surface area contributed by atoms with E-state index in [2.05, 4.69) is 4.98 Å². The van der Waals surface area contributed by atoms with Crippen molar-refractivity contribution in [3.8, 4) is 5.75 Å². The highest BCUT2D eigenvalue weighted by atomic mass is 35.5. The zero-order valence-electron chi connectivity index (χ0n) is 15.4. The summed E-state index contributed by atoms with van der Waals surface area (Å²) in [5.41, 5.74) is 8.15. The molecular weight excluding hydrogens is 399 g/mol. The maximum atomic E-state index is 12.8. The van der Waals surface area contributed by atoms with Crippen molar-refractivity contribution in [2.45, 2.75) is 25.5 Å². The van der Waals surface area contributed by atoms with Crippen molar-refractivity contribution in [2.75, 3.05) is 13.1 Å². The summed E-state index contributed by atoms with van der Waals surface area (Å²) in [6.45, 7) is 1.64. The van der Waals surface area contributed by atoms with Crippen LogP contribution in [0.25, 0.3) is 5.65 Å². The van der Waals surface area contributed by atoms with Crippen molar-refractivity contribution >= 4 is 36.4 Å². The number of nitrogens with two attached hydrogens (primary N) is 1. The second kappa shape index (κ2) is 9.78. The van der Waals surface area contributed by atoms with E-state index >= 15 is 0 Å². The van der Waals surface area contributed by atoms with E-state index in [0.29, 0.717) is 24.5 Å². The molecule has 6 nitrogen and oxygen atoms in total. The predicted molar refractivity (Wildman–Crippen MR) is 114 cm³/mol. The van der Waals surface area contributed by atoms with Gasteiger partial charge in [-0.2, -0.15) is 0 Å². The smallest absolute Gasteiger partial charge is 0.254 e. The highest BCUT2D eigenvalue weighted by Crippen LogP contribution is 2.22. The van der Waals surface area contributed by atoms with Crippen LogP contribution in [0, 0.1) is 0 Å². The van der Waals surface area contributed by atoms with E-state index < -0.39 is 0 Å². The number of hydrogen-bond acceptors (Lipinski definition) is 4. The van der Waals surface area contributed by atoms with Crippen molar-refractivity contribution in [1.82, 2.24) is 14.3 Å². The van der Waals surface area contributed by atoms with Crippen LogP contribution in [0.4, 0.5) is 0 Å². The average Bonchev–Trinajstić information content (AvgIpc) is 3.32. The number of aromatic nitrogens is 2. The number of fused-ring (bicyclic) bond motifs is 1. The van der Waals surface area contributed by atoms with Crippen molar-refractivity contribution in [2.24, 2.45) is 5.73 Å². The third-order valence-corrected chi connectivity index (χ3v) is 4.79. The molecule has 3 heterocycles. The second-order valence-electron chi connectivity index (χ2n) is 6.55. The Morgan fingerprint density at radius 2 is 2.07 bits per heavy atom. The monoisotopic (exact) mass is 422 g/mol. The number of carbonyl (C=O) groups excluding carboxylic acids is 1. The fraction of sp³-hybridized carbons (Fsp3) is 0.300. The number of halogens is 2. The van der Waals surface area contributed by atoms with Crippen LogP contribution in [-0.4, -0.2) is 39.3 Å². The molecule has 1 aromatic carbocycles. The van der Waals surface area contributed by atoms with E-state index in [0.717, 1.165) is 30.7 Å². The first kappa shape index (κ1) is 22.0. The van der Waals surface area contributed by atoms with E-state index in [1.165, 1.54) is 0 Å². The Morgan fingerprint density at radius 1 is 1.21 bits per heavy atom. The van der Waals surface area contributed by atoms with Gasteiger partial charge in [-0.15, -0.1) is 24.8 Å². The molecule has 1 amide bonds. The fourth-order valence-corrected chi connectivity index (χ4v) is 3.45. The van der Waals surface area contributed by atoms with Gasteiger partial charge in [0.25, 0.3) is 5.91 Å². The molecule has 1 fully saturated rings. The third kappa shape index (κ3) is 4.58. The first-order valence-electron chi connectivity index (χ1n) is 8.91. The van der Waals surface area contributed by atoms with Crippen LogP contribution in [0.1, 0.15) is 28.9 Å². The van der Waals surface area contributed by atoms with Gasteiger partial charge in [0.1, 0.15) is 18.0 Å². The van der Waals surface area contributed by atoms with Gasteiger partial charge < -0.3 is 19.8 Å². The van der Waals surface area contributed by atoms with Crippen LogP contribution in [0.2, 0.25) is 0 Å². The molecule has 2 aromatic heterocycles. The van der Waals surface area contributed by atoms with Crippen molar-refractivity contribution in [3.63, 3.8) is 0 Å². The number of pyridine rings is 1. The predicted octanol–water partition coefficient (Wildman–Crippen LogP) is 3.32. The lowest BCUT2D eigenvalue weighted by Crippen LogP contribution is -2.39. The molecule has 0 spiro atoms. The minimum Gasteiger partial charge on any atom is -0.487 e. The third-order valence-electron chi connectivity index (χ3n) is 4.79. The minimum absolute atomic E-state index is 0. The van der Waals surface area contributed by atoms with Gasteiger partial charge >= 0.3 is 0 Å². The molecule has 150 valence electrons. The number of benzene rings is 1. The summed E-state index contributed by atoms with van der Waals surface area (Å²) in [6, 6.07) is 13.3. The van der Waals surface area contributed by atoms with Crippen LogP contribution in [-0.2, 0) is 6.61 Å². The Balaban J connectivity index is 0.00000140. The number of amides is 1. The lowest BCUT2D eigenvalue weighted by Gasteiger charge is -2.23. The summed E-state index contributed by atoms with van der Waals surface area (Å²) in [5.74, 6) is 0.688. The van der Waals surface area contributed by atoms with Gasteiger partial charge in [-0.25, -0.2) is 4.98 Å². The maximum Gasteiger partial charge on any atom is 0.254 e.